The number of nitrogens with one attached hydrogen (secondary N) is 2. The molecular weight excluding hydrogens is 347 g/mol. The fourth-order valence-corrected chi connectivity index (χ4v) is 2.48. The molecule has 0 amide bonds. The summed E-state index contributed by atoms with van der Waals surface area (Å²) >= 11 is 11.8. The highest BCUT2D eigenvalue weighted by molar-refractivity contribution is 7.70. The summed E-state index contributed by atoms with van der Waals surface area (Å²) in [5.74, 6) is 0.359. The molecule has 9 heteroatoms. The third kappa shape index (κ3) is 4.07. The molecule has 22 heavy (non-hydrogen) atoms. The number of halogens is 2. The normalized spacial score (nSPS) is 11.0. The molecule has 0 atom stereocenters. The van der Waals surface area contributed by atoms with Crippen LogP contribution in [0.2, 0.25) is 10.3 Å². The molecule has 0 saturated heterocycles. The van der Waals surface area contributed by atoms with Crippen LogP contribution in [0.4, 0.5) is 11.5 Å². The van der Waals surface area contributed by atoms with Gasteiger partial charge in [0.05, 0.1) is 6.20 Å². The summed E-state index contributed by atoms with van der Waals surface area (Å²) in [7, 11) is -2.68. The van der Waals surface area contributed by atoms with Gasteiger partial charge >= 0.3 is 0 Å². The summed E-state index contributed by atoms with van der Waals surface area (Å²) in [5, 5.41) is 3.45. The molecule has 1 aromatic carbocycles. The summed E-state index contributed by atoms with van der Waals surface area (Å²) < 4.78 is 24.0. The van der Waals surface area contributed by atoms with Crippen LogP contribution in [0.3, 0.4) is 0 Å². The Balaban J connectivity index is 2.41. The Kier molecular flexibility index (Phi) is 5.57. The second-order valence-corrected chi connectivity index (χ2v) is 6.16. The molecule has 0 bridgehead atoms. The van der Waals surface area contributed by atoms with E-state index >= 15 is 0 Å². The molecule has 2 rings (SSSR count). The molecule has 1 aromatic heterocycles. The number of thiol groups is 1. The minimum Gasteiger partial charge on any atom is -0.339 e. The van der Waals surface area contributed by atoms with Crippen LogP contribution in [0.5, 0.6) is 0 Å². The largest absolute Gasteiger partial charge is 0.339 e. The minimum atomic E-state index is -2.68. The highest BCUT2D eigenvalue weighted by Gasteiger charge is 2.11. The van der Waals surface area contributed by atoms with Crippen molar-refractivity contribution in [2.45, 2.75) is 20.4 Å². The number of aromatic nitrogens is 2. The number of rotatable bonds is 5. The van der Waals surface area contributed by atoms with Crippen molar-refractivity contribution in [2.24, 2.45) is 0 Å². The second kappa shape index (κ2) is 7.23. The number of nitrogens with zero attached hydrogens (tertiary/aromatic N) is 2. The molecular formula is C13H14Cl2N4O2S. The number of benzene rings is 1. The summed E-state index contributed by atoms with van der Waals surface area (Å²) in [4.78, 5) is 7.81. The maximum Gasteiger partial charge on any atom is 0.224 e. The second-order valence-electron chi connectivity index (χ2n) is 4.59. The van der Waals surface area contributed by atoms with Crippen LogP contribution in [0.25, 0.3) is 0 Å². The first-order chi connectivity index (χ1) is 10.4. The summed E-state index contributed by atoms with van der Waals surface area (Å²) in [5.41, 5.74) is 3.54. The van der Waals surface area contributed by atoms with E-state index < -0.39 is 10.9 Å². The molecule has 0 aliphatic carbocycles. The van der Waals surface area contributed by atoms with Gasteiger partial charge in [-0.05, 0) is 48.2 Å². The number of hydrogen-bond donors (Lipinski definition) is 3. The average Bonchev–Trinajstić information content (AvgIpc) is 2.46. The van der Waals surface area contributed by atoms with Gasteiger partial charge in [0.1, 0.15) is 5.02 Å². The molecule has 0 fully saturated rings. The number of aryl methyl sites for hydroxylation is 1. The SMILES string of the molecule is Cc1ccc(Nc2nc(Cl)ncc2Cl)c(CN[SH](=O)=O)c1C. The van der Waals surface area contributed by atoms with E-state index in [4.69, 9.17) is 23.2 Å². The Hall–Kier alpha value is -1.41. The molecule has 1 heterocycles. The van der Waals surface area contributed by atoms with E-state index in [2.05, 4.69) is 20.0 Å². The first-order valence-electron chi connectivity index (χ1n) is 6.30. The summed E-state index contributed by atoms with van der Waals surface area (Å²) in [6.45, 7) is 4.04. The van der Waals surface area contributed by atoms with Gasteiger partial charge in [-0.3, -0.25) is 0 Å². The Morgan fingerprint density at radius 2 is 1.95 bits per heavy atom. The van der Waals surface area contributed by atoms with Gasteiger partial charge in [0.25, 0.3) is 0 Å². The smallest absolute Gasteiger partial charge is 0.224 e. The zero-order valence-electron chi connectivity index (χ0n) is 11.9. The van der Waals surface area contributed by atoms with Gasteiger partial charge in [0.2, 0.25) is 16.2 Å². The van der Waals surface area contributed by atoms with Crippen molar-refractivity contribution in [1.29, 1.82) is 0 Å². The van der Waals surface area contributed by atoms with Crippen LogP contribution in [0, 0.1) is 13.8 Å². The summed E-state index contributed by atoms with van der Waals surface area (Å²) in [6, 6.07) is 3.76. The van der Waals surface area contributed by atoms with Gasteiger partial charge in [0.15, 0.2) is 5.82 Å². The van der Waals surface area contributed by atoms with E-state index in [0.29, 0.717) is 16.5 Å². The molecule has 0 aliphatic rings. The van der Waals surface area contributed by atoms with Crippen LogP contribution in [-0.4, -0.2) is 18.4 Å². The average molecular weight is 361 g/mol. The highest BCUT2D eigenvalue weighted by atomic mass is 35.5. The lowest BCUT2D eigenvalue weighted by atomic mass is 10.0. The predicted molar refractivity (Wildman–Crippen MR) is 88.4 cm³/mol. The van der Waals surface area contributed by atoms with E-state index in [9.17, 15) is 8.42 Å². The zero-order valence-corrected chi connectivity index (χ0v) is 14.3. The van der Waals surface area contributed by atoms with Gasteiger partial charge in [-0.15, -0.1) is 0 Å². The standard InChI is InChI=1S/C13H14Cl2N4O2S/c1-7-3-4-11(9(8(7)2)5-17-22(20)21)18-12-10(14)6-16-13(15)19-12/h3-4,6,22H,5H2,1-2H3,(H,16,18,19)(H,17,20,21). The van der Waals surface area contributed by atoms with E-state index in [1.165, 1.54) is 6.20 Å². The lowest BCUT2D eigenvalue weighted by molar-refractivity contribution is 0.601. The first kappa shape index (κ1) is 17.0. The van der Waals surface area contributed by atoms with Crippen molar-refractivity contribution < 1.29 is 8.42 Å². The maximum absolute atomic E-state index is 10.8. The Bertz CT molecular complexity index is 773. The molecule has 0 spiro atoms. The van der Waals surface area contributed by atoms with E-state index in [0.717, 1.165) is 16.7 Å². The van der Waals surface area contributed by atoms with Crippen LogP contribution in [0.1, 0.15) is 16.7 Å². The zero-order chi connectivity index (χ0) is 16.3. The van der Waals surface area contributed by atoms with E-state index in [1.54, 1.807) is 0 Å². The van der Waals surface area contributed by atoms with Crippen molar-refractivity contribution in [2.75, 3.05) is 5.32 Å². The molecule has 0 aliphatic heterocycles. The minimum absolute atomic E-state index is 0.0676. The van der Waals surface area contributed by atoms with Crippen molar-refractivity contribution in [1.82, 2.24) is 14.7 Å². The molecule has 6 nitrogen and oxygen atoms in total. The van der Waals surface area contributed by atoms with Crippen molar-refractivity contribution in [3.63, 3.8) is 0 Å². The fourth-order valence-electron chi connectivity index (χ4n) is 1.92. The van der Waals surface area contributed by atoms with Crippen LogP contribution in [0.15, 0.2) is 18.3 Å². The predicted octanol–water partition coefficient (Wildman–Crippen LogP) is 2.76. The molecule has 118 valence electrons. The van der Waals surface area contributed by atoms with E-state index in [1.807, 2.05) is 26.0 Å². The lowest BCUT2D eigenvalue weighted by Crippen LogP contribution is -2.14. The molecule has 0 radical (unpaired) electrons. The molecule has 2 aromatic rings. The van der Waals surface area contributed by atoms with Crippen molar-refractivity contribution in [3.05, 3.63) is 45.3 Å². The van der Waals surface area contributed by atoms with Crippen molar-refractivity contribution in [3.8, 4) is 0 Å². The van der Waals surface area contributed by atoms with Crippen LogP contribution < -0.4 is 10.0 Å². The van der Waals surface area contributed by atoms with E-state index in [-0.39, 0.29) is 11.8 Å². The third-order valence-corrected chi connectivity index (χ3v) is 4.10. The Morgan fingerprint density at radius 1 is 1.23 bits per heavy atom. The van der Waals surface area contributed by atoms with Gasteiger partial charge in [0, 0.05) is 12.2 Å². The number of hydrogen-bond acceptors (Lipinski definition) is 5. The molecule has 2 N–H and O–H groups in total. The highest BCUT2D eigenvalue weighted by Crippen LogP contribution is 2.28. The lowest BCUT2D eigenvalue weighted by Gasteiger charge is -2.16. The fraction of sp³-hybridized carbons (Fsp3) is 0.231. The molecule has 0 saturated carbocycles. The van der Waals surface area contributed by atoms with Crippen LogP contribution in [-0.2, 0) is 17.4 Å². The number of anilines is 2. The van der Waals surface area contributed by atoms with Crippen molar-refractivity contribution >= 4 is 45.6 Å². The van der Waals surface area contributed by atoms with Gasteiger partial charge < -0.3 is 5.32 Å². The molecule has 0 unspecified atom stereocenters. The quantitative estimate of drug-likeness (QED) is 0.563. The first-order valence-corrected chi connectivity index (χ1v) is 8.24. The maximum atomic E-state index is 10.8. The topological polar surface area (TPSA) is 84.0 Å². The Labute approximate surface area is 140 Å². The van der Waals surface area contributed by atoms with Gasteiger partial charge in [-0.25, -0.2) is 18.1 Å². The van der Waals surface area contributed by atoms with Gasteiger partial charge in [-0.2, -0.15) is 4.98 Å². The third-order valence-electron chi connectivity index (χ3n) is 3.22. The van der Waals surface area contributed by atoms with Crippen LogP contribution >= 0.6 is 23.2 Å². The Morgan fingerprint density at radius 3 is 2.64 bits per heavy atom. The summed E-state index contributed by atoms with van der Waals surface area (Å²) in [6.07, 6.45) is 1.40. The monoisotopic (exact) mass is 360 g/mol. The van der Waals surface area contributed by atoms with Gasteiger partial charge in [-0.1, -0.05) is 17.7 Å².